The van der Waals surface area contributed by atoms with E-state index < -0.39 is 0 Å². The second-order valence-electron chi connectivity index (χ2n) is 5.49. The summed E-state index contributed by atoms with van der Waals surface area (Å²) in [6.07, 6.45) is 1.96. The number of amides is 1. The number of nitrogens with zero attached hydrogens (tertiary/aromatic N) is 2. The molecule has 0 saturated carbocycles. The quantitative estimate of drug-likeness (QED) is 0.946. The normalized spacial score (nSPS) is 20.0. The summed E-state index contributed by atoms with van der Waals surface area (Å²) in [5.74, 6) is 0.746. The Bertz CT molecular complexity index is 647. The zero-order chi connectivity index (χ0) is 15.0. The van der Waals surface area contributed by atoms with E-state index in [1.807, 2.05) is 12.3 Å². The summed E-state index contributed by atoms with van der Waals surface area (Å²) < 4.78 is 5.47. The minimum atomic E-state index is -0.374. The van der Waals surface area contributed by atoms with Crippen molar-refractivity contribution in [1.29, 1.82) is 0 Å². The van der Waals surface area contributed by atoms with Gasteiger partial charge in [0.05, 0.1) is 16.7 Å². The van der Waals surface area contributed by atoms with Crippen LogP contribution in [0.15, 0.2) is 22.1 Å². The highest BCUT2D eigenvalue weighted by Crippen LogP contribution is 2.26. The molecule has 1 N–H and O–H groups in total. The molecule has 5 nitrogen and oxygen atoms in total. The number of carbonyl (C=O) groups excluding carboxylic acids is 1. The molecule has 1 fully saturated rings. The highest BCUT2D eigenvalue weighted by atomic mass is 32.1. The van der Waals surface area contributed by atoms with Gasteiger partial charge in [0.2, 0.25) is 0 Å². The van der Waals surface area contributed by atoms with Crippen molar-refractivity contribution in [2.75, 3.05) is 13.1 Å². The lowest BCUT2D eigenvalue weighted by atomic mass is 10.0. The summed E-state index contributed by atoms with van der Waals surface area (Å²) in [5.41, 5.74) is 1.31. The largest absolute Gasteiger partial charge is 0.462 e. The van der Waals surface area contributed by atoms with Crippen molar-refractivity contribution in [1.82, 2.24) is 9.88 Å². The van der Waals surface area contributed by atoms with E-state index in [0.29, 0.717) is 24.4 Å². The molecule has 0 spiro atoms. The van der Waals surface area contributed by atoms with Gasteiger partial charge in [0.25, 0.3) is 5.91 Å². The Morgan fingerprint density at radius 2 is 2.43 bits per heavy atom. The Morgan fingerprint density at radius 1 is 1.62 bits per heavy atom. The number of aromatic nitrogens is 1. The molecule has 21 heavy (non-hydrogen) atoms. The molecule has 3 rings (SSSR count). The monoisotopic (exact) mass is 306 g/mol. The van der Waals surface area contributed by atoms with E-state index in [-0.39, 0.29) is 17.9 Å². The van der Waals surface area contributed by atoms with Gasteiger partial charge in [0, 0.05) is 24.4 Å². The zero-order valence-corrected chi connectivity index (χ0v) is 12.9. The maximum Gasteiger partial charge on any atom is 0.257 e. The van der Waals surface area contributed by atoms with Crippen LogP contribution in [-0.2, 0) is 0 Å². The number of aliphatic hydroxyl groups is 1. The van der Waals surface area contributed by atoms with Crippen LogP contribution in [0.2, 0.25) is 0 Å². The number of aryl methyl sites for hydroxylation is 1. The van der Waals surface area contributed by atoms with Crippen molar-refractivity contribution in [2.24, 2.45) is 5.92 Å². The third kappa shape index (κ3) is 2.87. The SMILES string of the molecule is Cc1nc(-c2cc(C(=O)N3CCC(C(C)O)C3)co2)cs1. The molecule has 1 saturated heterocycles. The van der Waals surface area contributed by atoms with E-state index in [0.717, 1.165) is 17.1 Å². The number of carbonyl (C=O) groups is 1. The first kappa shape index (κ1) is 14.3. The fourth-order valence-corrected chi connectivity index (χ4v) is 3.21. The lowest BCUT2D eigenvalue weighted by molar-refractivity contribution is 0.0762. The third-order valence-corrected chi connectivity index (χ3v) is 4.69. The van der Waals surface area contributed by atoms with Gasteiger partial charge in [-0.3, -0.25) is 4.79 Å². The summed E-state index contributed by atoms with van der Waals surface area (Å²) >= 11 is 1.55. The fraction of sp³-hybridized carbons (Fsp3) is 0.467. The molecule has 0 radical (unpaired) electrons. The van der Waals surface area contributed by atoms with Crippen molar-refractivity contribution in [3.63, 3.8) is 0 Å². The van der Waals surface area contributed by atoms with E-state index >= 15 is 0 Å². The Labute approximate surface area is 127 Å². The van der Waals surface area contributed by atoms with Crippen LogP contribution in [0.4, 0.5) is 0 Å². The summed E-state index contributed by atoms with van der Waals surface area (Å²) in [7, 11) is 0. The van der Waals surface area contributed by atoms with Crippen LogP contribution < -0.4 is 0 Å². The standard InChI is InChI=1S/C15H18N2O3S/c1-9(18)11-3-4-17(6-11)15(19)12-5-14(20-7-12)13-8-21-10(2)16-13/h5,7-9,11,18H,3-4,6H2,1-2H3. The summed E-state index contributed by atoms with van der Waals surface area (Å²) in [6, 6.07) is 1.74. The van der Waals surface area contributed by atoms with Crippen LogP contribution in [-0.4, -0.2) is 40.1 Å². The molecule has 0 aliphatic carbocycles. The number of furan rings is 1. The molecule has 1 aliphatic heterocycles. The predicted molar refractivity (Wildman–Crippen MR) is 80.2 cm³/mol. The van der Waals surface area contributed by atoms with E-state index in [4.69, 9.17) is 4.42 Å². The number of rotatable bonds is 3. The highest BCUT2D eigenvalue weighted by Gasteiger charge is 2.30. The Morgan fingerprint density at radius 3 is 3.05 bits per heavy atom. The number of likely N-dealkylation sites (tertiary alicyclic amines) is 1. The first-order chi connectivity index (χ1) is 10.0. The summed E-state index contributed by atoms with van der Waals surface area (Å²) in [6.45, 7) is 5.00. The molecule has 2 atom stereocenters. The van der Waals surface area contributed by atoms with Crippen LogP contribution in [0.3, 0.4) is 0 Å². The van der Waals surface area contributed by atoms with Crippen molar-refractivity contribution in [2.45, 2.75) is 26.4 Å². The summed E-state index contributed by atoms with van der Waals surface area (Å²) in [4.78, 5) is 18.6. The topological polar surface area (TPSA) is 66.6 Å². The minimum Gasteiger partial charge on any atom is -0.462 e. The molecular weight excluding hydrogens is 288 g/mol. The van der Waals surface area contributed by atoms with Gasteiger partial charge in [-0.25, -0.2) is 4.98 Å². The molecule has 0 bridgehead atoms. The molecule has 0 aromatic carbocycles. The third-order valence-electron chi connectivity index (χ3n) is 3.91. The molecule has 6 heteroatoms. The lowest BCUT2D eigenvalue weighted by Crippen LogP contribution is -2.30. The highest BCUT2D eigenvalue weighted by molar-refractivity contribution is 7.09. The van der Waals surface area contributed by atoms with Crippen molar-refractivity contribution >= 4 is 17.2 Å². The predicted octanol–water partition coefficient (Wildman–Crippen LogP) is 2.55. The van der Waals surface area contributed by atoms with Crippen molar-refractivity contribution < 1.29 is 14.3 Å². The molecule has 1 amide bonds. The van der Waals surface area contributed by atoms with Crippen LogP contribution in [0.1, 0.15) is 28.7 Å². The number of thiazole rings is 1. The van der Waals surface area contributed by atoms with E-state index in [2.05, 4.69) is 4.98 Å². The van der Waals surface area contributed by atoms with Crippen molar-refractivity contribution in [3.8, 4) is 11.5 Å². The molecule has 2 aromatic heterocycles. The number of hydrogen-bond acceptors (Lipinski definition) is 5. The van der Waals surface area contributed by atoms with Gasteiger partial charge in [0.15, 0.2) is 5.76 Å². The van der Waals surface area contributed by atoms with Gasteiger partial charge in [-0.1, -0.05) is 0 Å². The summed E-state index contributed by atoms with van der Waals surface area (Å²) in [5, 5.41) is 12.5. The maximum atomic E-state index is 12.4. The van der Waals surface area contributed by atoms with Crippen molar-refractivity contribution in [3.05, 3.63) is 28.3 Å². The number of aliphatic hydroxyl groups excluding tert-OH is 1. The van der Waals surface area contributed by atoms with Gasteiger partial charge in [0.1, 0.15) is 12.0 Å². The fourth-order valence-electron chi connectivity index (χ4n) is 2.61. The smallest absolute Gasteiger partial charge is 0.257 e. The second-order valence-corrected chi connectivity index (χ2v) is 6.55. The lowest BCUT2D eigenvalue weighted by Gasteiger charge is -2.16. The molecular formula is C15H18N2O3S. The van der Waals surface area contributed by atoms with Crippen LogP contribution in [0.5, 0.6) is 0 Å². The average molecular weight is 306 g/mol. The van der Waals surface area contributed by atoms with Gasteiger partial charge >= 0.3 is 0 Å². The zero-order valence-electron chi connectivity index (χ0n) is 12.1. The van der Waals surface area contributed by atoms with E-state index in [1.165, 1.54) is 6.26 Å². The van der Waals surface area contributed by atoms with Gasteiger partial charge in [-0.15, -0.1) is 11.3 Å². The maximum absolute atomic E-state index is 12.4. The Kier molecular flexibility index (Phi) is 3.82. The molecule has 112 valence electrons. The number of hydrogen-bond donors (Lipinski definition) is 1. The van der Waals surface area contributed by atoms with Gasteiger partial charge in [-0.05, 0) is 26.3 Å². The molecule has 2 aromatic rings. The van der Waals surface area contributed by atoms with Crippen LogP contribution in [0.25, 0.3) is 11.5 Å². The Hall–Kier alpha value is -1.66. The molecule has 3 heterocycles. The van der Waals surface area contributed by atoms with Crippen LogP contribution in [0, 0.1) is 12.8 Å². The van der Waals surface area contributed by atoms with Gasteiger partial charge < -0.3 is 14.4 Å². The first-order valence-electron chi connectivity index (χ1n) is 7.03. The van der Waals surface area contributed by atoms with Gasteiger partial charge in [-0.2, -0.15) is 0 Å². The van der Waals surface area contributed by atoms with Crippen LogP contribution >= 0.6 is 11.3 Å². The van der Waals surface area contributed by atoms with E-state index in [9.17, 15) is 9.90 Å². The Balaban J connectivity index is 1.73. The first-order valence-corrected chi connectivity index (χ1v) is 7.91. The molecule has 1 aliphatic rings. The van der Waals surface area contributed by atoms with E-state index in [1.54, 1.807) is 29.2 Å². The minimum absolute atomic E-state index is 0.0416. The molecule has 2 unspecified atom stereocenters. The second kappa shape index (κ2) is 5.61. The average Bonchev–Trinajstić information content (AvgIpc) is 3.17.